The maximum Gasteiger partial charge on any atom is 0.102 e. The number of hydrogen-bond donors (Lipinski definition) is 0. The molecule has 0 unspecified atom stereocenters. The average molecular weight is 673 g/mol. The molecule has 6 aromatic rings. The van der Waals surface area contributed by atoms with Gasteiger partial charge in [0, 0.05) is 20.4 Å². The molecule has 0 spiro atoms. The summed E-state index contributed by atoms with van der Waals surface area (Å²) in [6.07, 6.45) is 0. The molecule has 0 saturated carbocycles. The minimum absolute atomic E-state index is 0. The van der Waals surface area contributed by atoms with Gasteiger partial charge in [-0.1, -0.05) is 122 Å². The summed E-state index contributed by atoms with van der Waals surface area (Å²) in [5.74, 6) is 0. The maximum absolute atomic E-state index is 3.12. The summed E-state index contributed by atoms with van der Waals surface area (Å²) in [6, 6.07) is 65.0. The van der Waals surface area contributed by atoms with Crippen LogP contribution >= 0.6 is 15.8 Å². The van der Waals surface area contributed by atoms with E-state index in [1.807, 2.05) is 0 Å². The van der Waals surface area contributed by atoms with E-state index in [9.17, 15) is 0 Å². The molecular weight excluding hydrogens is 637 g/mol. The van der Waals surface area contributed by atoms with Gasteiger partial charge in [0.25, 0.3) is 0 Å². The van der Waals surface area contributed by atoms with Crippen LogP contribution in [0.15, 0.2) is 201 Å². The van der Waals surface area contributed by atoms with Gasteiger partial charge in [-0.05, 0) is 72.8 Å². The molecule has 0 aromatic heterocycles. The Morgan fingerprint density at radius 3 is 0.524 bits per heavy atom. The molecule has 6 rings (SSSR count). The van der Waals surface area contributed by atoms with Gasteiger partial charge in [-0.2, -0.15) is 0 Å². The Morgan fingerprint density at radius 2 is 0.405 bits per heavy atom. The van der Waals surface area contributed by atoms with Gasteiger partial charge in [0.1, 0.15) is 31.8 Å². The fourth-order valence-electron chi connectivity index (χ4n) is 4.63. The normalized spacial score (nSPS) is 9.76. The molecule has 42 heavy (non-hydrogen) atoms. The van der Waals surface area contributed by atoms with Crippen molar-refractivity contribution in [2.24, 2.45) is 0 Å². The zero-order valence-electron chi connectivity index (χ0n) is 23.6. The van der Waals surface area contributed by atoms with Crippen LogP contribution in [0, 0.1) is 0 Å². The first-order valence-electron chi connectivity index (χ1n) is 13.7. The van der Waals surface area contributed by atoms with Crippen molar-refractivity contribution in [2.45, 2.75) is 0 Å². The Kier molecular flexibility index (Phi) is 14.7. The second-order valence-electron chi connectivity index (χ2n) is 9.20. The van der Waals surface area contributed by atoms with Crippen molar-refractivity contribution in [3.8, 4) is 0 Å². The van der Waals surface area contributed by atoms with Crippen LogP contribution in [0.3, 0.4) is 0 Å². The smallest absolute Gasteiger partial charge is 0.102 e. The molecule has 0 aliphatic rings. The van der Waals surface area contributed by atoms with E-state index in [1.54, 1.807) is 0 Å². The van der Waals surface area contributed by atoms with Crippen molar-refractivity contribution in [1.29, 1.82) is 0 Å². The second-order valence-corrected chi connectivity index (χ2v) is 14.2. The summed E-state index contributed by atoms with van der Waals surface area (Å²) >= 11 is 0. The molecule has 0 aliphatic heterocycles. The van der Waals surface area contributed by atoms with Gasteiger partial charge in [-0.25, -0.2) is 0 Å². The van der Waals surface area contributed by atoms with Crippen LogP contribution in [0.5, 0.6) is 0 Å². The van der Waals surface area contributed by atoms with Gasteiger partial charge in [-0.3, -0.25) is 0 Å². The van der Waals surface area contributed by atoms with Crippen LogP contribution in [0.1, 0.15) is 0 Å². The van der Waals surface area contributed by atoms with E-state index in [4.69, 9.17) is 0 Å². The molecule has 0 fully saturated rings. The first kappa shape index (κ1) is 32.9. The molecule has 0 radical (unpaired) electrons. The Hall–Kier alpha value is -3.64. The molecule has 0 nitrogen and oxygen atoms in total. The van der Waals surface area contributed by atoms with E-state index < -0.39 is 15.8 Å². The summed E-state index contributed by atoms with van der Waals surface area (Å²) in [5, 5.41) is 8.61. The van der Waals surface area contributed by atoms with Crippen molar-refractivity contribution < 1.29 is 20.4 Å². The Labute approximate surface area is 267 Å². The standard InChI is InChI=1S/2C18H15P.C3H4.Pd/c2*1-4-10-16(11-5-1)19(17-12-6-2-7-13-17)18-14-8-3-9-15-18;1-3-2;/h2*1-15H;1-2H2;/p+2. The number of benzene rings is 6. The summed E-state index contributed by atoms with van der Waals surface area (Å²) in [5.41, 5.74) is 2.25. The Morgan fingerprint density at radius 1 is 0.286 bits per heavy atom. The Balaban J connectivity index is 0.000000207. The Bertz CT molecular complexity index is 1260. The van der Waals surface area contributed by atoms with Crippen molar-refractivity contribution >= 4 is 47.7 Å². The molecule has 0 aliphatic carbocycles. The molecule has 0 N–H and O–H groups in total. The molecule has 210 valence electrons. The van der Waals surface area contributed by atoms with Gasteiger partial charge in [0.2, 0.25) is 0 Å². The zero-order chi connectivity index (χ0) is 28.5. The van der Waals surface area contributed by atoms with Gasteiger partial charge >= 0.3 is 0 Å². The summed E-state index contributed by atoms with van der Waals surface area (Å²) in [7, 11) is -1.75. The average Bonchev–Trinajstić information content (AvgIpc) is 3.05. The van der Waals surface area contributed by atoms with Crippen LogP contribution in [-0.4, -0.2) is 0 Å². The third kappa shape index (κ3) is 9.73. The van der Waals surface area contributed by atoms with Crippen LogP contribution in [0.25, 0.3) is 0 Å². The predicted octanol–water partition coefficient (Wildman–Crippen LogP) is 7.31. The maximum atomic E-state index is 3.12. The van der Waals surface area contributed by atoms with Crippen LogP contribution in [0.2, 0.25) is 0 Å². The number of rotatable bonds is 6. The van der Waals surface area contributed by atoms with E-state index >= 15 is 0 Å². The fourth-order valence-corrected chi connectivity index (χ4v) is 9.78. The van der Waals surface area contributed by atoms with Crippen molar-refractivity contribution in [2.75, 3.05) is 0 Å². The van der Waals surface area contributed by atoms with Crippen LogP contribution < -0.4 is 31.8 Å². The zero-order valence-corrected chi connectivity index (χ0v) is 27.1. The van der Waals surface area contributed by atoms with Crippen LogP contribution in [-0.2, 0) is 20.4 Å². The molecule has 0 atom stereocenters. The topological polar surface area (TPSA) is 0 Å². The fraction of sp³-hybridized carbons (Fsp3) is 0. The van der Waals surface area contributed by atoms with E-state index in [2.05, 4.69) is 201 Å². The van der Waals surface area contributed by atoms with Gasteiger partial charge in [0.05, 0.1) is 15.8 Å². The quantitative estimate of drug-likeness (QED) is 0.0990. The number of hydrogen-bond acceptors (Lipinski definition) is 0. The third-order valence-corrected chi connectivity index (χ3v) is 11.8. The van der Waals surface area contributed by atoms with E-state index in [0.717, 1.165) is 0 Å². The third-order valence-electron chi connectivity index (χ3n) is 6.37. The van der Waals surface area contributed by atoms with Gasteiger partial charge in [0.15, 0.2) is 0 Å². The monoisotopic (exact) mass is 672 g/mol. The van der Waals surface area contributed by atoms with E-state index in [0.29, 0.717) is 0 Å². The first-order chi connectivity index (χ1) is 20.3. The largest absolute Gasteiger partial charge is 0.137 e. The van der Waals surface area contributed by atoms with Crippen molar-refractivity contribution in [3.05, 3.63) is 201 Å². The summed E-state index contributed by atoms with van der Waals surface area (Å²) in [6.45, 7) is 6.25. The molecule has 0 amide bonds. The SMILES string of the molecule is C=C=C.[Pd].c1ccc([PH+](c2ccccc2)c2ccccc2)cc1.c1ccc([PH+](c2ccccc2)c2ccccc2)cc1. The molecule has 0 bridgehead atoms. The molecule has 0 heterocycles. The van der Waals surface area contributed by atoms with E-state index in [1.165, 1.54) is 31.8 Å². The van der Waals surface area contributed by atoms with Crippen molar-refractivity contribution in [1.82, 2.24) is 0 Å². The summed E-state index contributed by atoms with van der Waals surface area (Å²) in [4.78, 5) is 0. The van der Waals surface area contributed by atoms with Gasteiger partial charge < -0.3 is 0 Å². The van der Waals surface area contributed by atoms with Crippen LogP contribution in [0.4, 0.5) is 0 Å². The minimum atomic E-state index is -0.877. The van der Waals surface area contributed by atoms with E-state index in [-0.39, 0.29) is 20.4 Å². The first-order valence-corrected chi connectivity index (χ1v) is 16.7. The molecule has 0 saturated heterocycles. The minimum Gasteiger partial charge on any atom is -0.137 e. The molecular formula is C39H36P2Pd+2. The molecule has 3 heteroatoms. The predicted molar refractivity (Wildman–Crippen MR) is 188 cm³/mol. The van der Waals surface area contributed by atoms with Gasteiger partial charge in [-0.15, -0.1) is 5.73 Å². The summed E-state index contributed by atoms with van der Waals surface area (Å²) < 4.78 is 0. The molecule has 6 aromatic carbocycles. The van der Waals surface area contributed by atoms with Crippen molar-refractivity contribution in [3.63, 3.8) is 0 Å². The second kappa shape index (κ2) is 18.7.